The summed E-state index contributed by atoms with van der Waals surface area (Å²) in [6.45, 7) is 2.10. The number of rotatable bonds is 5. The van der Waals surface area contributed by atoms with Gasteiger partial charge in [-0.15, -0.1) is 11.8 Å². The third kappa shape index (κ3) is 3.82. The molecule has 0 bridgehead atoms. The minimum Gasteiger partial charge on any atom is -0.383 e. The van der Waals surface area contributed by atoms with Crippen molar-refractivity contribution in [2.24, 2.45) is 0 Å². The highest BCUT2D eigenvalue weighted by atomic mass is 127. The van der Waals surface area contributed by atoms with Crippen molar-refractivity contribution >= 4 is 40.2 Å². The Morgan fingerprint density at radius 3 is 2.75 bits per heavy atom. The van der Waals surface area contributed by atoms with Crippen LogP contribution in [0.5, 0.6) is 0 Å². The maximum absolute atomic E-state index is 13.5. The SMILES string of the molecule is CCCc1nc(CSc2ccccc2F)nc(N)c1I. The summed E-state index contributed by atoms with van der Waals surface area (Å²) in [5, 5.41) is 0. The van der Waals surface area contributed by atoms with Crippen LogP contribution in [-0.4, -0.2) is 9.97 Å². The van der Waals surface area contributed by atoms with Gasteiger partial charge in [-0.3, -0.25) is 0 Å². The number of thioether (sulfide) groups is 1. The Hall–Kier alpha value is -0.890. The Kier molecular flexibility index (Phi) is 5.59. The summed E-state index contributed by atoms with van der Waals surface area (Å²) >= 11 is 3.56. The van der Waals surface area contributed by atoms with Gasteiger partial charge in [0.15, 0.2) is 0 Å². The Labute approximate surface area is 135 Å². The molecule has 1 heterocycles. The lowest BCUT2D eigenvalue weighted by molar-refractivity contribution is 0.602. The maximum Gasteiger partial charge on any atom is 0.141 e. The molecule has 0 aliphatic rings. The first kappa shape index (κ1) is 15.5. The summed E-state index contributed by atoms with van der Waals surface area (Å²) in [6.07, 6.45) is 1.88. The molecular formula is C14H15FIN3S. The molecule has 20 heavy (non-hydrogen) atoms. The predicted molar refractivity (Wildman–Crippen MR) is 89.1 cm³/mol. The van der Waals surface area contributed by atoms with Crippen LogP contribution in [0.3, 0.4) is 0 Å². The molecule has 0 aliphatic carbocycles. The number of nitrogens with two attached hydrogens (primary N) is 1. The molecular weight excluding hydrogens is 388 g/mol. The van der Waals surface area contributed by atoms with Gasteiger partial charge >= 0.3 is 0 Å². The number of anilines is 1. The molecule has 0 unspecified atom stereocenters. The number of hydrogen-bond acceptors (Lipinski definition) is 4. The summed E-state index contributed by atoms with van der Waals surface area (Å²) in [4.78, 5) is 9.40. The summed E-state index contributed by atoms with van der Waals surface area (Å²) in [5.41, 5.74) is 6.89. The molecule has 1 aromatic carbocycles. The van der Waals surface area contributed by atoms with E-state index in [1.54, 1.807) is 12.1 Å². The molecule has 2 rings (SSSR count). The van der Waals surface area contributed by atoms with Crippen LogP contribution in [0, 0.1) is 9.39 Å². The van der Waals surface area contributed by atoms with E-state index in [1.165, 1.54) is 17.8 Å². The van der Waals surface area contributed by atoms with Gasteiger partial charge < -0.3 is 5.73 Å². The van der Waals surface area contributed by atoms with Crippen LogP contribution in [0.4, 0.5) is 10.2 Å². The average Bonchev–Trinajstić information content (AvgIpc) is 2.43. The summed E-state index contributed by atoms with van der Waals surface area (Å²) < 4.78 is 14.5. The first-order valence-corrected chi connectivity index (χ1v) is 8.36. The minimum atomic E-state index is -0.218. The monoisotopic (exact) mass is 403 g/mol. The topological polar surface area (TPSA) is 51.8 Å². The smallest absolute Gasteiger partial charge is 0.141 e. The van der Waals surface area contributed by atoms with E-state index in [4.69, 9.17) is 5.73 Å². The molecule has 6 heteroatoms. The second kappa shape index (κ2) is 7.21. The summed E-state index contributed by atoms with van der Waals surface area (Å²) in [7, 11) is 0. The molecule has 2 aromatic rings. The number of aryl methyl sites for hydroxylation is 1. The third-order valence-electron chi connectivity index (χ3n) is 2.67. The van der Waals surface area contributed by atoms with Gasteiger partial charge in [-0.2, -0.15) is 0 Å². The van der Waals surface area contributed by atoms with Crippen molar-refractivity contribution in [3.05, 3.63) is 45.2 Å². The average molecular weight is 403 g/mol. The molecule has 0 amide bonds. The highest BCUT2D eigenvalue weighted by molar-refractivity contribution is 14.1. The van der Waals surface area contributed by atoms with Crippen molar-refractivity contribution in [1.29, 1.82) is 0 Å². The van der Waals surface area contributed by atoms with E-state index < -0.39 is 0 Å². The highest BCUT2D eigenvalue weighted by Gasteiger charge is 2.10. The van der Waals surface area contributed by atoms with Crippen molar-refractivity contribution in [2.45, 2.75) is 30.4 Å². The lowest BCUT2D eigenvalue weighted by Crippen LogP contribution is -2.06. The van der Waals surface area contributed by atoms with Gasteiger partial charge in [0.05, 0.1) is 15.0 Å². The van der Waals surface area contributed by atoms with Crippen LogP contribution in [0.15, 0.2) is 29.2 Å². The molecule has 1 aromatic heterocycles. The number of nitrogen functional groups attached to an aromatic ring is 1. The standard InChI is InChI=1S/C14H15FIN3S/c1-2-5-10-13(16)14(17)19-12(18-10)8-20-11-7-4-3-6-9(11)15/h3-4,6-7H,2,5,8H2,1H3,(H2,17,18,19). The fourth-order valence-electron chi connectivity index (χ4n) is 1.74. The lowest BCUT2D eigenvalue weighted by atomic mass is 10.2. The second-order valence-corrected chi connectivity index (χ2v) is 6.35. The van der Waals surface area contributed by atoms with Gasteiger partial charge in [-0.1, -0.05) is 25.5 Å². The Morgan fingerprint density at radius 1 is 1.30 bits per heavy atom. The normalized spacial score (nSPS) is 10.8. The maximum atomic E-state index is 13.5. The molecule has 0 fully saturated rings. The van der Waals surface area contributed by atoms with E-state index in [0.29, 0.717) is 22.3 Å². The molecule has 3 nitrogen and oxygen atoms in total. The molecule has 0 radical (unpaired) electrons. The van der Waals surface area contributed by atoms with Crippen LogP contribution < -0.4 is 5.73 Å². The quantitative estimate of drug-likeness (QED) is 0.605. The number of halogens is 2. The van der Waals surface area contributed by atoms with Gasteiger partial charge in [-0.25, -0.2) is 14.4 Å². The fraction of sp³-hybridized carbons (Fsp3) is 0.286. The van der Waals surface area contributed by atoms with Crippen molar-refractivity contribution in [2.75, 3.05) is 5.73 Å². The molecule has 0 aliphatic heterocycles. The van der Waals surface area contributed by atoms with Crippen LogP contribution in [0.25, 0.3) is 0 Å². The zero-order valence-corrected chi connectivity index (χ0v) is 14.0. The molecule has 0 spiro atoms. The first-order valence-electron chi connectivity index (χ1n) is 6.30. The largest absolute Gasteiger partial charge is 0.383 e. The van der Waals surface area contributed by atoms with Crippen molar-refractivity contribution < 1.29 is 4.39 Å². The van der Waals surface area contributed by atoms with Crippen molar-refractivity contribution in [3.8, 4) is 0 Å². The Balaban J connectivity index is 2.16. The zero-order chi connectivity index (χ0) is 14.5. The Morgan fingerprint density at radius 2 is 2.05 bits per heavy atom. The molecule has 106 valence electrons. The van der Waals surface area contributed by atoms with E-state index in [-0.39, 0.29) is 5.82 Å². The Bertz CT molecular complexity index is 607. The van der Waals surface area contributed by atoms with Crippen LogP contribution in [0.1, 0.15) is 24.9 Å². The lowest BCUT2D eigenvalue weighted by Gasteiger charge is -2.08. The molecule has 2 N–H and O–H groups in total. The van der Waals surface area contributed by atoms with Gasteiger partial charge in [-0.05, 0) is 41.1 Å². The van der Waals surface area contributed by atoms with E-state index in [2.05, 4.69) is 39.5 Å². The molecule has 0 saturated carbocycles. The predicted octanol–water partition coefficient (Wildman–Crippen LogP) is 4.05. The van der Waals surface area contributed by atoms with Crippen molar-refractivity contribution in [3.63, 3.8) is 0 Å². The van der Waals surface area contributed by atoms with Crippen molar-refractivity contribution in [1.82, 2.24) is 9.97 Å². The first-order chi connectivity index (χ1) is 9.61. The molecule has 0 atom stereocenters. The number of nitrogens with zero attached hydrogens (tertiary/aromatic N) is 2. The zero-order valence-electron chi connectivity index (χ0n) is 11.1. The van der Waals surface area contributed by atoms with Gasteiger partial charge in [0.25, 0.3) is 0 Å². The van der Waals surface area contributed by atoms with Gasteiger partial charge in [0.1, 0.15) is 17.5 Å². The fourth-order valence-corrected chi connectivity index (χ4v) is 3.04. The number of benzene rings is 1. The highest BCUT2D eigenvalue weighted by Crippen LogP contribution is 2.25. The third-order valence-corrected chi connectivity index (χ3v) is 4.89. The van der Waals surface area contributed by atoms with Gasteiger partial charge in [0.2, 0.25) is 0 Å². The van der Waals surface area contributed by atoms with Crippen LogP contribution in [-0.2, 0) is 12.2 Å². The van der Waals surface area contributed by atoms with E-state index in [0.717, 1.165) is 22.1 Å². The van der Waals surface area contributed by atoms with E-state index in [1.807, 2.05) is 6.07 Å². The summed E-state index contributed by atoms with van der Waals surface area (Å²) in [5.74, 6) is 1.45. The number of aromatic nitrogens is 2. The van der Waals surface area contributed by atoms with E-state index in [9.17, 15) is 4.39 Å². The second-order valence-electron chi connectivity index (χ2n) is 4.25. The number of hydrogen-bond donors (Lipinski definition) is 1. The van der Waals surface area contributed by atoms with Crippen LogP contribution >= 0.6 is 34.4 Å². The minimum absolute atomic E-state index is 0.218. The van der Waals surface area contributed by atoms with Crippen LogP contribution in [0.2, 0.25) is 0 Å². The molecule has 0 saturated heterocycles. The summed E-state index contributed by atoms with van der Waals surface area (Å²) in [6, 6.07) is 6.70. The van der Waals surface area contributed by atoms with Gasteiger partial charge in [0, 0.05) is 4.90 Å². The van der Waals surface area contributed by atoms with E-state index >= 15 is 0 Å².